The van der Waals surface area contributed by atoms with Gasteiger partial charge < -0.3 is 0 Å². The van der Waals surface area contributed by atoms with Gasteiger partial charge in [-0.25, -0.2) is 4.98 Å². The summed E-state index contributed by atoms with van der Waals surface area (Å²) in [6.07, 6.45) is 2.97. The van der Waals surface area contributed by atoms with Crippen molar-refractivity contribution in [1.29, 1.82) is 0 Å². The van der Waals surface area contributed by atoms with Crippen molar-refractivity contribution in [3.63, 3.8) is 0 Å². The molecule has 0 aliphatic carbocycles. The normalized spacial score (nSPS) is 11.0. The predicted molar refractivity (Wildman–Crippen MR) is 140 cm³/mol. The molecule has 0 saturated carbocycles. The van der Waals surface area contributed by atoms with Gasteiger partial charge in [-0.05, 0) is 46.9 Å². The molecule has 168 valence electrons. The number of para-hydroxylation sites is 1. The fraction of sp³-hybridized carbons (Fsp3) is 0.138. The molecule has 3 aromatic carbocycles. The van der Waals surface area contributed by atoms with Gasteiger partial charge in [0.25, 0.3) is 0 Å². The largest absolute Gasteiger partial charge is 0.282 e. The molecule has 4 nitrogen and oxygen atoms in total. The van der Waals surface area contributed by atoms with E-state index in [1.165, 1.54) is 11.1 Å². The molecule has 5 aromatic rings. The molecule has 0 aliphatic rings. The molecule has 0 saturated heterocycles. The first-order valence-corrected chi connectivity index (χ1v) is 12.3. The summed E-state index contributed by atoms with van der Waals surface area (Å²) in [6, 6.07) is 30.5. The Bertz CT molecular complexity index is 1400. The number of nitrogens with zero attached hydrogens (tertiary/aromatic N) is 3. The summed E-state index contributed by atoms with van der Waals surface area (Å²) < 4.78 is 1.10. The highest BCUT2D eigenvalue weighted by Crippen LogP contribution is 2.32. The van der Waals surface area contributed by atoms with E-state index in [1.54, 1.807) is 22.4 Å². The van der Waals surface area contributed by atoms with Gasteiger partial charge in [0, 0.05) is 6.20 Å². The van der Waals surface area contributed by atoms with Crippen molar-refractivity contribution in [3.05, 3.63) is 114 Å². The summed E-state index contributed by atoms with van der Waals surface area (Å²) >= 11 is 1.56. The quantitative estimate of drug-likeness (QED) is 0.270. The number of carbonyl (C=O) groups is 1. The van der Waals surface area contributed by atoms with E-state index < -0.39 is 0 Å². The van der Waals surface area contributed by atoms with E-state index >= 15 is 0 Å². The highest BCUT2D eigenvalue weighted by molar-refractivity contribution is 7.22. The third-order valence-corrected chi connectivity index (χ3v) is 6.91. The van der Waals surface area contributed by atoms with Crippen molar-refractivity contribution >= 4 is 32.6 Å². The van der Waals surface area contributed by atoms with Gasteiger partial charge in [-0.1, -0.05) is 91.1 Å². The van der Waals surface area contributed by atoms with Crippen LogP contribution in [0.25, 0.3) is 21.3 Å². The van der Waals surface area contributed by atoms with Gasteiger partial charge >= 0.3 is 0 Å². The van der Waals surface area contributed by atoms with Crippen molar-refractivity contribution in [2.75, 3.05) is 4.90 Å². The lowest BCUT2D eigenvalue weighted by atomic mass is 10.0. The number of pyridine rings is 1. The molecule has 0 N–H and O–H groups in total. The van der Waals surface area contributed by atoms with E-state index in [0.29, 0.717) is 18.1 Å². The van der Waals surface area contributed by atoms with Gasteiger partial charge in [0.1, 0.15) is 0 Å². The standard InChI is InChI=1S/C29H25N3OS/c1-2-22-11-8-13-26-28(22)31-29(34-26)32(20-25-12-6-7-18-30-25)27(33)19-21-14-16-24(17-15-21)23-9-4-3-5-10-23/h3-18H,2,19-20H2,1H3. The Labute approximate surface area is 203 Å². The number of fused-ring (bicyclic) bond motifs is 1. The molecule has 0 radical (unpaired) electrons. The van der Waals surface area contributed by atoms with Crippen LogP contribution in [-0.2, 0) is 24.2 Å². The van der Waals surface area contributed by atoms with Crippen LogP contribution in [0.15, 0.2) is 97.2 Å². The molecule has 0 bridgehead atoms. The maximum atomic E-state index is 13.6. The minimum Gasteiger partial charge on any atom is -0.282 e. The first kappa shape index (κ1) is 22.0. The molecule has 34 heavy (non-hydrogen) atoms. The monoisotopic (exact) mass is 463 g/mol. The van der Waals surface area contributed by atoms with Crippen LogP contribution in [0.2, 0.25) is 0 Å². The summed E-state index contributed by atoms with van der Waals surface area (Å²) in [5.74, 6) is 0.00946. The van der Waals surface area contributed by atoms with Crippen LogP contribution in [0.5, 0.6) is 0 Å². The average Bonchev–Trinajstić information content (AvgIpc) is 3.33. The molecule has 0 spiro atoms. The number of hydrogen-bond acceptors (Lipinski definition) is 4. The SMILES string of the molecule is CCc1cccc2sc(N(Cc3ccccn3)C(=O)Cc3ccc(-c4ccccc4)cc3)nc12. The Hall–Kier alpha value is -3.83. The number of thiazole rings is 1. The Morgan fingerprint density at radius 2 is 1.62 bits per heavy atom. The zero-order valence-electron chi connectivity index (χ0n) is 19.0. The third-order valence-electron chi connectivity index (χ3n) is 5.87. The van der Waals surface area contributed by atoms with Crippen LogP contribution >= 0.6 is 11.3 Å². The molecule has 5 heteroatoms. The number of rotatable bonds is 7. The topological polar surface area (TPSA) is 46.1 Å². The molecule has 5 rings (SSSR count). The fourth-order valence-corrected chi connectivity index (χ4v) is 5.06. The second kappa shape index (κ2) is 9.98. The van der Waals surface area contributed by atoms with Crippen molar-refractivity contribution in [2.45, 2.75) is 26.3 Å². The molecular weight excluding hydrogens is 438 g/mol. The summed E-state index contributed by atoms with van der Waals surface area (Å²) in [5, 5.41) is 0.715. The summed E-state index contributed by atoms with van der Waals surface area (Å²) in [4.78, 5) is 24.7. The maximum absolute atomic E-state index is 13.6. The van der Waals surface area contributed by atoms with Crippen molar-refractivity contribution in [2.24, 2.45) is 0 Å². The van der Waals surface area contributed by atoms with Gasteiger partial charge in [-0.2, -0.15) is 0 Å². The second-order valence-electron chi connectivity index (χ2n) is 8.15. The number of carbonyl (C=O) groups excluding carboxylic acids is 1. The average molecular weight is 464 g/mol. The maximum Gasteiger partial charge on any atom is 0.233 e. The van der Waals surface area contributed by atoms with E-state index in [0.717, 1.165) is 33.5 Å². The molecular formula is C29H25N3OS. The first-order valence-electron chi connectivity index (χ1n) is 11.4. The van der Waals surface area contributed by atoms with E-state index in [2.05, 4.69) is 54.4 Å². The smallest absolute Gasteiger partial charge is 0.233 e. The first-order chi connectivity index (χ1) is 16.7. The Morgan fingerprint density at radius 1 is 0.853 bits per heavy atom. The van der Waals surface area contributed by atoms with Crippen LogP contribution in [0.1, 0.15) is 23.7 Å². The number of anilines is 1. The highest BCUT2D eigenvalue weighted by Gasteiger charge is 2.21. The molecule has 0 fully saturated rings. The zero-order chi connectivity index (χ0) is 23.3. The van der Waals surface area contributed by atoms with Gasteiger partial charge in [0.2, 0.25) is 5.91 Å². The Balaban J connectivity index is 1.44. The van der Waals surface area contributed by atoms with Crippen LogP contribution in [0.3, 0.4) is 0 Å². The van der Waals surface area contributed by atoms with Crippen molar-refractivity contribution in [3.8, 4) is 11.1 Å². The van der Waals surface area contributed by atoms with Crippen molar-refractivity contribution in [1.82, 2.24) is 9.97 Å². The fourth-order valence-electron chi connectivity index (χ4n) is 4.03. The lowest BCUT2D eigenvalue weighted by Crippen LogP contribution is -2.32. The molecule has 2 aromatic heterocycles. The molecule has 0 aliphatic heterocycles. The van der Waals surface area contributed by atoms with Gasteiger partial charge in [-0.15, -0.1) is 0 Å². The Kier molecular flexibility index (Phi) is 6.45. The van der Waals surface area contributed by atoms with Crippen LogP contribution in [0.4, 0.5) is 5.13 Å². The summed E-state index contributed by atoms with van der Waals surface area (Å²) in [7, 11) is 0. The molecule has 0 atom stereocenters. The van der Waals surface area contributed by atoms with Crippen LogP contribution in [-0.4, -0.2) is 15.9 Å². The van der Waals surface area contributed by atoms with Gasteiger partial charge in [0.15, 0.2) is 5.13 Å². The number of hydrogen-bond donors (Lipinski definition) is 0. The number of aryl methyl sites for hydroxylation is 1. The van der Waals surface area contributed by atoms with Gasteiger partial charge in [0.05, 0.1) is 28.9 Å². The molecule has 0 unspecified atom stereocenters. The number of benzene rings is 3. The highest BCUT2D eigenvalue weighted by atomic mass is 32.1. The van der Waals surface area contributed by atoms with Crippen molar-refractivity contribution < 1.29 is 4.79 Å². The van der Waals surface area contributed by atoms with E-state index in [-0.39, 0.29) is 5.91 Å². The zero-order valence-corrected chi connectivity index (χ0v) is 19.8. The lowest BCUT2D eigenvalue weighted by Gasteiger charge is -2.19. The van der Waals surface area contributed by atoms with Crippen LogP contribution < -0.4 is 4.90 Å². The van der Waals surface area contributed by atoms with Crippen LogP contribution in [0, 0.1) is 0 Å². The number of aromatic nitrogens is 2. The predicted octanol–water partition coefficient (Wildman–Crippen LogP) is 6.70. The molecule has 2 heterocycles. The number of amides is 1. The second-order valence-corrected chi connectivity index (χ2v) is 9.16. The summed E-state index contributed by atoms with van der Waals surface area (Å²) in [5.41, 5.74) is 6.30. The van der Waals surface area contributed by atoms with Gasteiger partial charge in [-0.3, -0.25) is 14.7 Å². The minimum atomic E-state index is 0.00946. The summed E-state index contributed by atoms with van der Waals surface area (Å²) in [6.45, 7) is 2.52. The molecule has 1 amide bonds. The Morgan fingerprint density at radius 3 is 2.35 bits per heavy atom. The lowest BCUT2D eigenvalue weighted by molar-refractivity contribution is -0.118. The minimum absolute atomic E-state index is 0.00946. The third kappa shape index (κ3) is 4.75. The van der Waals surface area contributed by atoms with E-state index in [9.17, 15) is 4.79 Å². The van der Waals surface area contributed by atoms with E-state index in [4.69, 9.17) is 4.98 Å². The van der Waals surface area contributed by atoms with E-state index in [1.807, 2.05) is 48.5 Å².